The smallest absolute Gasteiger partial charge is 0.409 e. The van der Waals surface area contributed by atoms with Gasteiger partial charge in [0.25, 0.3) is 0 Å². The third-order valence-corrected chi connectivity index (χ3v) is 4.62. The van der Waals surface area contributed by atoms with Gasteiger partial charge in [-0.3, -0.25) is 9.69 Å². The van der Waals surface area contributed by atoms with Crippen molar-refractivity contribution in [2.45, 2.75) is 12.5 Å². The Balaban J connectivity index is 1.77. The third-order valence-electron chi connectivity index (χ3n) is 4.62. The van der Waals surface area contributed by atoms with E-state index >= 15 is 0 Å². The molecule has 4 rings (SSSR count). The van der Waals surface area contributed by atoms with Gasteiger partial charge in [-0.2, -0.15) is 0 Å². The van der Waals surface area contributed by atoms with Crippen LogP contribution in [0.4, 0.5) is 19.3 Å². The molecule has 1 atom stereocenters. The van der Waals surface area contributed by atoms with Crippen molar-refractivity contribution in [2.75, 3.05) is 4.90 Å². The van der Waals surface area contributed by atoms with E-state index in [1.807, 2.05) is 0 Å². The van der Waals surface area contributed by atoms with E-state index in [4.69, 9.17) is 4.74 Å². The van der Waals surface area contributed by atoms with Gasteiger partial charge in [-0.25, -0.2) is 13.6 Å². The zero-order chi connectivity index (χ0) is 19.7. The van der Waals surface area contributed by atoms with Crippen molar-refractivity contribution in [2.24, 2.45) is 0 Å². The van der Waals surface area contributed by atoms with Gasteiger partial charge in [0.1, 0.15) is 17.4 Å². The zero-order valence-corrected chi connectivity index (χ0v) is 14.6. The number of amides is 1. The van der Waals surface area contributed by atoms with Crippen LogP contribution < -0.4 is 9.64 Å². The number of benzene rings is 3. The summed E-state index contributed by atoms with van der Waals surface area (Å²) in [5, 5.41) is 0. The molecule has 1 aliphatic rings. The minimum absolute atomic E-state index is 0.0326. The standard InChI is InChI=1S/C22H15F2NO3/c23-15-6-9-17(10-7-15)25-19(13-20(26)14-4-2-1-3-5-14)18-11-8-16(24)12-21(18)28-22(25)27/h1-12,19H,13H2/t19-/m0/s1. The van der Waals surface area contributed by atoms with Gasteiger partial charge in [0.05, 0.1) is 6.04 Å². The summed E-state index contributed by atoms with van der Waals surface area (Å²) in [6.45, 7) is 0. The lowest BCUT2D eigenvalue weighted by Gasteiger charge is -2.36. The first-order valence-electron chi connectivity index (χ1n) is 8.67. The van der Waals surface area contributed by atoms with E-state index in [1.165, 1.54) is 41.3 Å². The van der Waals surface area contributed by atoms with Gasteiger partial charge < -0.3 is 4.74 Å². The monoisotopic (exact) mass is 379 g/mol. The Morgan fingerprint density at radius 1 is 0.929 bits per heavy atom. The number of carbonyl (C=O) groups is 2. The average molecular weight is 379 g/mol. The molecule has 0 N–H and O–H groups in total. The maximum absolute atomic E-state index is 13.6. The molecule has 1 aliphatic heterocycles. The zero-order valence-electron chi connectivity index (χ0n) is 14.6. The number of nitrogens with zero attached hydrogens (tertiary/aromatic N) is 1. The van der Waals surface area contributed by atoms with Crippen LogP contribution in [0.1, 0.15) is 28.4 Å². The van der Waals surface area contributed by atoms with Crippen molar-refractivity contribution in [1.82, 2.24) is 0 Å². The first-order valence-corrected chi connectivity index (χ1v) is 8.67. The highest BCUT2D eigenvalue weighted by atomic mass is 19.1. The second-order valence-electron chi connectivity index (χ2n) is 6.41. The van der Waals surface area contributed by atoms with Crippen molar-refractivity contribution in [1.29, 1.82) is 0 Å². The quantitative estimate of drug-likeness (QED) is 0.578. The molecule has 0 bridgehead atoms. The van der Waals surface area contributed by atoms with Gasteiger partial charge >= 0.3 is 6.09 Å². The van der Waals surface area contributed by atoms with Gasteiger partial charge in [0, 0.05) is 29.3 Å². The molecule has 0 radical (unpaired) electrons. The molecular formula is C22H15F2NO3. The fraction of sp³-hybridized carbons (Fsp3) is 0.0909. The summed E-state index contributed by atoms with van der Waals surface area (Å²) < 4.78 is 32.2. The van der Waals surface area contributed by atoms with E-state index < -0.39 is 23.8 Å². The van der Waals surface area contributed by atoms with E-state index in [-0.39, 0.29) is 18.0 Å². The summed E-state index contributed by atoms with van der Waals surface area (Å²) in [7, 11) is 0. The molecule has 6 heteroatoms. The van der Waals surface area contributed by atoms with Crippen molar-refractivity contribution >= 4 is 17.6 Å². The molecule has 3 aromatic carbocycles. The van der Waals surface area contributed by atoms with Crippen molar-refractivity contribution in [3.63, 3.8) is 0 Å². The summed E-state index contributed by atoms with van der Waals surface area (Å²) >= 11 is 0. The maximum atomic E-state index is 13.6. The number of hydrogen-bond acceptors (Lipinski definition) is 3. The lowest BCUT2D eigenvalue weighted by molar-refractivity contribution is 0.0971. The highest BCUT2D eigenvalue weighted by Crippen LogP contribution is 2.40. The van der Waals surface area contributed by atoms with Crippen molar-refractivity contribution in [3.05, 3.63) is 95.6 Å². The van der Waals surface area contributed by atoms with E-state index in [9.17, 15) is 18.4 Å². The molecule has 0 unspecified atom stereocenters. The lowest BCUT2D eigenvalue weighted by Crippen LogP contribution is -2.42. The van der Waals surface area contributed by atoms with Gasteiger partial charge in [-0.15, -0.1) is 0 Å². The Hall–Kier alpha value is -3.54. The summed E-state index contributed by atoms with van der Waals surface area (Å²) in [5.41, 5.74) is 1.39. The van der Waals surface area contributed by atoms with E-state index in [0.29, 0.717) is 16.8 Å². The molecule has 0 fully saturated rings. The first-order chi connectivity index (χ1) is 13.5. The highest BCUT2D eigenvalue weighted by Gasteiger charge is 2.37. The summed E-state index contributed by atoms with van der Waals surface area (Å²) in [6.07, 6.45) is -0.787. The molecule has 28 heavy (non-hydrogen) atoms. The maximum Gasteiger partial charge on any atom is 0.420 e. The molecule has 0 saturated heterocycles. The van der Waals surface area contributed by atoms with Gasteiger partial charge in [0.15, 0.2) is 5.78 Å². The molecular weight excluding hydrogens is 364 g/mol. The van der Waals surface area contributed by atoms with Crippen LogP contribution in [0.5, 0.6) is 5.75 Å². The predicted octanol–water partition coefficient (Wildman–Crippen LogP) is 5.30. The number of Topliss-reactive ketones (excluding diaryl/α,β-unsaturated/α-hetero) is 1. The van der Waals surface area contributed by atoms with Crippen molar-refractivity contribution < 1.29 is 23.1 Å². The van der Waals surface area contributed by atoms with Gasteiger partial charge in [-0.05, 0) is 30.3 Å². The SMILES string of the molecule is O=C(C[C@H]1c2ccc(F)cc2OC(=O)N1c1ccc(F)cc1)c1ccccc1. The Labute approximate surface area is 160 Å². The van der Waals surface area contributed by atoms with Crippen LogP contribution in [0.3, 0.4) is 0 Å². The Bertz CT molecular complexity index is 1040. The van der Waals surface area contributed by atoms with Crippen LogP contribution in [0.2, 0.25) is 0 Å². The van der Waals surface area contributed by atoms with Crippen LogP contribution in [-0.2, 0) is 0 Å². The fourth-order valence-corrected chi connectivity index (χ4v) is 3.29. The normalized spacial score (nSPS) is 15.7. The number of ether oxygens (including phenoxy) is 1. The number of rotatable bonds is 4. The Morgan fingerprint density at radius 3 is 2.32 bits per heavy atom. The van der Waals surface area contributed by atoms with Gasteiger partial charge in [-0.1, -0.05) is 36.4 Å². The molecule has 0 saturated carbocycles. The number of fused-ring (bicyclic) bond motifs is 1. The van der Waals surface area contributed by atoms with Crippen LogP contribution in [-0.4, -0.2) is 11.9 Å². The van der Waals surface area contributed by atoms with E-state index in [1.54, 1.807) is 30.3 Å². The number of carbonyl (C=O) groups excluding carboxylic acids is 2. The Morgan fingerprint density at radius 2 is 1.61 bits per heavy atom. The molecule has 140 valence electrons. The number of hydrogen-bond donors (Lipinski definition) is 0. The van der Waals surface area contributed by atoms with E-state index in [0.717, 1.165) is 6.07 Å². The van der Waals surface area contributed by atoms with Crippen LogP contribution in [0.15, 0.2) is 72.8 Å². The predicted molar refractivity (Wildman–Crippen MR) is 99.4 cm³/mol. The second-order valence-corrected chi connectivity index (χ2v) is 6.41. The molecule has 1 amide bonds. The minimum Gasteiger partial charge on any atom is -0.409 e. The van der Waals surface area contributed by atoms with Crippen LogP contribution in [0.25, 0.3) is 0 Å². The van der Waals surface area contributed by atoms with Gasteiger partial charge in [0.2, 0.25) is 0 Å². The average Bonchev–Trinajstić information content (AvgIpc) is 2.69. The molecule has 0 aliphatic carbocycles. The summed E-state index contributed by atoms with van der Waals surface area (Å²) in [4.78, 5) is 26.8. The van der Waals surface area contributed by atoms with Crippen molar-refractivity contribution in [3.8, 4) is 5.75 Å². The number of ketones is 1. The number of anilines is 1. The molecule has 1 heterocycles. The lowest BCUT2D eigenvalue weighted by atomic mass is 9.94. The second kappa shape index (κ2) is 7.23. The topological polar surface area (TPSA) is 46.6 Å². The Kier molecular flexibility index (Phi) is 4.61. The van der Waals surface area contributed by atoms with Crippen LogP contribution >= 0.6 is 0 Å². The molecule has 0 spiro atoms. The fourth-order valence-electron chi connectivity index (χ4n) is 3.29. The first kappa shape index (κ1) is 17.9. The molecule has 0 aromatic heterocycles. The summed E-state index contributed by atoms with van der Waals surface area (Å²) in [5.74, 6) is -1.10. The largest absolute Gasteiger partial charge is 0.420 e. The summed E-state index contributed by atoms with van der Waals surface area (Å²) in [6, 6.07) is 17.2. The number of halogens is 2. The van der Waals surface area contributed by atoms with E-state index in [2.05, 4.69) is 0 Å². The van der Waals surface area contributed by atoms with Crippen LogP contribution in [0, 0.1) is 11.6 Å². The molecule has 4 nitrogen and oxygen atoms in total. The third kappa shape index (κ3) is 3.36. The minimum atomic E-state index is -0.754. The molecule has 3 aromatic rings. The highest BCUT2D eigenvalue weighted by molar-refractivity contribution is 5.99.